The number of pyridine rings is 4. The molecule has 0 saturated heterocycles. The molecule has 0 saturated carbocycles. The Kier molecular flexibility index (Phi) is 13.4. The van der Waals surface area contributed by atoms with Crippen LogP contribution in [0.4, 0.5) is 35.1 Å². The van der Waals surface area contributed by atoms with Crippen molar-refractivity contribution in [1.82, 2.24) is 34.6 Å². The van der Waals surface area contributed by atoms with Crippen LogP contribution in [0.3, 0.4) is 0 Å². The van der Waals surface area contributed by atoms with E-state index in [4.69, 9.17) is 5.11 Å². The summed E-state index contributed by atoms with van der Waals surface area (Å²) in [5.74, 6) is -3.61. The average molecular weight is 883 g/mol. The number of carbonyl (C=O) groups is 2. The van der Waals surface area contributed by atoms with Crippen molar-refractivity contribution in [2.24, 2.45) is 5.14 Å². The molecule has 6 aromatic rings. The van der Waals surface area contributed by atoms with Gasteiger partial charge in [0, 0.05) is 35.9 Å². The second-order valence-corrected chi connectivity index (χ2v) is 15.6. The molecule has 6 heterocycles. The Labute approximate surface area is 322 Å². The molecule has 0 bridgehead atoms. The van der Waals surface area contributed by atoms with Crippen LogP contribution in [0.2, 0.25) is 0 Å². The van der Waals surface area contributed by atoms with Crippen molar-refractivity contribution < 1.29 is 66.7 Å². The monoisotopic (exact) mass is 882 g/mol. The molecule has 1 amide bonds. The van der Waals surface area contributed by atoms with Gasteiger partial charge in [0.15, 0.2) is 0 Å². The van der Waals surface area contributed by atoms with Crippen molar-refractivity contribution in [3.8, 4) is 42.3 Å². The van der Waals surface area contributed by atoms with E-state index in [-0.39, 0.29) is 11.4 Å². The molecule has 0 unspecified atom stereocenters. The van der Waals surface area contributed by atoms with Gasteiger partial charge in [-0.05, 0) is 36.4 Å². The SMILES string of the molecule is NS(=O)(=O)C(F)(F)F.O=C(NS(=O)(=O)C(F)(F)F)c1cccc(-c2cnc(-c3cncc(F)c3)s2)n1.O=C(O)c1cccc(-c2cnc(-c3cncc(F)c3)s2)n1. The molecule has 0 aromatic carbocycles. The summed E-state index contributed by atoms with van der Waals surface area (Å²) in [6.45, 7) is 0. The minimum Gasteiger partial charge on any atom is -0.477 e. The second kappa shape index (κ2) is 17.5. The highest BCUT2D eigenvalue weighted by Gasteiger charge is 2.47. The van der Waals surface area contributed by atoms with Crippen LogP contribution >= 0.6 is 22.7 Å². The first-order chi connectivity index (χ1) is 26.4. The van der Waals surface area contributed by atoms with Crippen LogP contribution in [0.5, 0.6) is 0 Å². The van der Waals surface area contributed by atoms with Crippen molar-refractivity contribution in [3.05, 3.63) is 109 Å². The number of aromatic nitrogens is 6. The van der Waals surface area contributed by atoms with Gasteiger partial charge in [-0.15, -0.1) is 22.7 Å². The predicted molar refractivity (Wildman–Crippen MR) is 186 cm³/mol. The topological polar surface area (TPSA) is 238 Å². The molecule has 57 heavy (non-hydrogen) atoms. The molecule has 6 aromatic heterocycles. The normalized spacial score (nSPS) is 11.7. The summed E-state index contributed by atoms with van der Waals surface area (Å²) in [7, 11) is -11.2. The fourth-order valence-corrected chi connectivity index (χ4v) is 5.93. The number of sulfonamides is 2. The average Bonchev–Trinajstić information content (AvgIpc) is 3.83. The van der Waals surface area contributed by atoms with Gasteiger partial charge < -0.3 is 5.11 Å². The summed E-state index contributed by atoms with van der Waals surface area (Å²) in [4.78, 5) is 47.6. The van der Waals surface area contributed by atoms with E-state index in [9.17, 15) is 61.5 Å². The third-order valence-corrected chi connectivity index (χ3v) is 10.1. The van der Waals surface area contributed by atoms with Crippen LogP contribution in [0, 0.1) is 11.6 Å². The molecular weight excluding hydrogens is 865 g/mol. The number of amides is 1. The molecule has 0 aliphatic rings. The lowest BCUT2D eigenvalue weighted by molar-refractivity contribution is -0.0448. The Morgan fingerprint density at radius 1 is 0.667 bits per heavy atom. The molecule has 0 atom stereocenters. The molecule has 0 fully saturated rings. The van der Waals surface area contributed by atoms with Crippen molar-refractivity contribution in [2.75, 3.05) is 0 Å². The van der Waals surface area contributed by atoms with E-state index in [2.05, 4.69) is 35.0 Å². The maximum Gasteiger partial charge on any atom is 0.516 e. The molecule has 4 N–H and O–H groups in total. The second-order valence-electron chi connectivity index (χ2n) is 10.3. The number of nitrogens with two attached hydrogens (primary N) is 1. The minimum absolute atomic E-state index is 0.0325. The first-order valence-electron chi connectivity index (χ1n) is 14.5. The van der Waals surface area contributed by atoms with Gasteiger partial charge in [-0.1, -0.05) is 12.1 Å². The van der Waals surface area contributed by atoms with Gasteiger partial charge in [0.05, 0.1) is 33.5 Å². The smallest absolute Gasteiger partial charge is 0.477 e. The fourth-order valence-electron chi connectivity index (χ4n) is 3.73. The van der Waals surface area contributed by atoms with Crippen LogP contribution in [0.25, 0.3) is 42.3 Å². The van der Waals surface area contributed by atoms with Gasteiger partial charge in [-0.2, -0.15) is 34.8 Å². The highest BCUT2D eigenvalue weighted by molar-refractivity contribution is 7.91. The van der Waals surface area contributed by atoms with E-state index < -0.39 is 60.3 Å². The van der Waals surface area contributed by atoms with Gasteiger partial charge in [-0.25, -0.2) is 51.8 Å². The van der Waals surface area contributed by atoms with E-state index in [1.54, 1.807) is 18.3 Å². The van der Waals surface area contributed by atoms with Gasteiger partial charge in [0.1, 0.15) is 33.0 Å². The highest BCUT2D eigenvalue weighted by Crippen LogP contribution is 2.32. The van der Waals surface area contributed by atoms with E-state index >= 15 is 0 Å². The zero-order chi connectivity index (χ0) is 42.3. The molecule has 0 spiro atoms. The minimum atomic E-state index is -5.85. The number of hydrogen-bond acceptors (Lipinski definition) is 14. The Bertz CT molecular complexity index is 2640. The summed E-state index contributed by atoms with van der Waals surface area (Å²) in [6, 6.07) is 11.1. The van der Waals surface area contributed by atoms with Crippen LogP contribution < -0.4 is 9.86 Å². The number of thiazole rings is 2. The largest absolute Gasteiger partial charge is 0.516 e. The highest BCUT2D eigenvalue weighted by atomic mass is 32.2. The Morgan fingerprint density at radius 3 is 1.47 bits per heavy atom. The number of carboxylic acids is 1. The van der Waals surface area contributed by atoms with Crippen LogP contribution in [0.1, 0.15) is 21.0 Å². The lowest BCUT2D eigenvalue weighted by Gasteiger charge is -2.09. The Balaban J connectivity index is 0.000000218. The Hall–Kier alpha value is -5.90. The predicted octanol–water partition coefficient (Wildman–Crippen LogP) is 5.88. The lowest BCUT2D eigenvalue weighted by atomic mass is 10.2. The third-order valence-electron chi connectivity index (χ3n) is 6.22. The summed E-state index contributed by atoms with van der Waals surface area (Å²) in [5.41, 5.74) is -9.85. The van der Waals surface area contributed by atoms with Crippen molar-refractivity contribution in [2.45, 2.75) is 11.0 Å². The fraction of sp³-hybridized carbons (Fsp3) is 0.0667. The number of hydrogen-bond donors (Lipinski definition) is 3. The van der Waals surface area contributed by atoms with Crippen LogP contribution in [-0.4, -0.2) is 74.7 Å². The zero-order valence-electron chi connectivity index (χ0n) is 27.4. The number of aromatic carboxylic acids is 1. The number of nitrogens with one attached hydrogen (secondary N) is 1. The van der Waals surface area contributed by atoms with E-state index in [1.807, 2.05) is 0 Å². The van der Waals surface area contributed by atoms with E-state index in [0.717, 1.165) is 34.5 Å². The van der Waals surface area contributed by atoms with Crippen LogP contribution in [-0.2, 0) is 20.0 Å². The molecule has 6 rings (SSSR count). The molecule has 27 heteroatoms. The number of carboxylic acid groups (broad SMARTS) is 1. The maximum absolute atomic E-state index is 13.3. The first kappa shape index (κ1) is 43.8. The van der Waals surface area contributed by atoms with E-state index in [0.29, 0.717) is 36.6 Å². The summed E-state index contributed by atoms with van der Waals surface area (Å²) in [6.07, 6.45) is 8.02. The molecule has 15 nitrogen and oxygen atoms in total. The number of nitrogens with zero attached hydrogens (tertiary/aromatic N) is 6. The Morgan fingerprint density at radius 2 is 1.09 bits per heavy atom. The molecule has 300 valence electrons. The van der Waals surface area contributed by atoms with Crippen molar-refractivity contribution >= 4 is 54.6 Å². The van der Waals surface area contributed by atoms with E-state index in [1.165, 1.54) is 60.3 Å². The molecule has 0 radical (unpaired) electrons. The number of rotatable bonds is 7. The third kappa shape index (κ3) is 11.8. The molecular formula is C30H18F8N8O7S4. The lowest BCUT2D eigenvalue weighted by Crippen LogP contribution is -2.40. The zero-order valence-corrected chi connectivity index (χ0v) is 30.7. The number of halogens is 8. The van der Waals surface area contributed by atoms with Crippen molar-refractivity contribution in [3.63, 3.8) is 0 Å². The number of carbonyl (C=O) groups excluding carboxylic acids is 1. The first-order valence-corrected chi connectivity index (χ1v) is 19.2. The van der Waals surface area contributed by atoms with Gasteiger partial charge >= 0.3 is 37.0 Å². The maximum atomic E-state index is 13.3. The summed E-state index contributed by atoms with van der Waals surface area (Å²) < 4.78 is 138. The van der Waals surface area contributed by atoms with Crippen molar-refractivity contribution in [1.29, 1.82) is 0 Å². The quantitative estimate of drug-likeness (QED) is 0.159. The standard InChI is InChI=1S/C15H8F4N4O3S2.C14H8FN3O2S.CH2F3NO2S/c16-9-4-8(5-20-6-9)14-21-7-12(27-14)10-2-1-3-11(22-10)13(24)23-28(25,26)15(17,18)19;15-9-4-8(5-16-6-9)13-17-7-12(21-13)10-2-1-3-11(18-10)14(19)20;2-1(3,4)8(5,6)7/h1-7H,(H,23,24);1-7H,(H,19,20);(H2,5,6,7). The van der Waals surface area contributed by atoms with Gasteiger partial charge in [0.25, 0.3) is 5.91 Å². The van der Waals surface area contributed by atoms with Crippen LogP contribution in [0.15, 0.2) is 85.7 Å². The summed E-state index contributed by atoms with van der Waals surface area (Å²) in [5, 5.41) is 13.6. The molecule has 0 aliphatic carbocycles. The summed E-state index contributed by atoms with van der Waals surface area (Å²) >= 11 is 2.37. The number of primary sulfonamides is 1. The van der Waals surface area contributed by atoms with Gasteiger partial charge in [-0.3, -0.25) is 14.8 Å². The van der Waals surface area contributed by atoms with Gasteiger partial charge in [0.2, 0.25) is 0 Å². The number of alkyl halides is 6. The molecule has 0 aliphatic heterocycles.